The third kappa shape index (κ3) is 16.4. The van der Waals surface area contributed by atoms with E-state index < -0.39 is 234 Å². The standard InChI is InChI=1S/C52H94O31/c1-51(22-58)28(50(69)52(2,70)39(83-51)21-72-4)15-77-20-38-49(68)44(63)27(33(9-57)82-38)14-76-19-37-48(67)43(62)26(32(8-56)81-37)13-75-18-36-47(66)42(61)25(31(7-55)80-36)12-74-17-35-46(65)41(60)24(30(6-54)79-35)11-73-16-34-45(64)40(59)23(10-71-3)29(5-53)78-34/h23-50,53-70H,5-22H2,1-4H3/t23?,24?,25?,26?,27?,28?,29-,30?,31-,32?,33-,34?,35?,36?,37?,38?,39?,40?,41+,42?,43+,44?,45?,46?,47?,48?,49?,50+,51?,52?/m0/s1. The van der Waals surface area contributed by atoms with E-state index in [-0.39, 0.29) is 66.1 Å². The SMILES string of the molecule is COCC1C(O)C(O)C(COCC2C(CO)OC(COCC3C(O)C(O)C(COCC4C(CO)OC(COCC5C(O)C(O)C(COCC6[C@@H](O)C(C)(O)C(COC)OC6(C)CO)O[C@H]5CO)C(O)[C@@H]4O)O[C@H]3CO)C(O)[C@@H]2O)O[C@H]1CO. The van der Waals surface area contributed by atoms with E-state index >= 15 is 0 Å². The van der Waals surface area contributed by atoms with Gasteiger partial charge in [0.15, 0.2) is 0 Å². The van der Waals surface area contributed by atoms with E-state index in [9.17, 15) is 91.9 Å². The van der Waals surface area contributed by atoms with Crippen LogP contribution >= 0.6 is 0 Å². The average molecular weight is 1220 g/mol. The minimum atomic E-state index is -1.78. The molecule has 24 unspecified atom stereocenters. The lowest BCUT2D eigenvalue weighted by Crippen LogP contribution is -2.69. The van der Waals surface area contributed by atoms with Crippen molar-refractivity contribution in [2.24, 2.45) is 35.5 Å². The minimum Gasteiger partial charge on any atom is -0.394 e. The second kappa shape index (κ2) is 32.5. The Balaban J connectivity index is 0.914. The maximum absolute atomic E-state index is 11.2. The maximum Gasteiger partial charge on any atom is 0.116 e. The predicted octanol–water partition coefficient (Wildman–Crippen LogP) is -10.3. The second-order valence-electron chi connectivity index (χ2n) is 23.2. The summed E-state index contributed by atoms with van der Waals surface area (Å²) in [5.74, 6) is -5.78. The third-order valence-electron chi connectivity index (χ3n) is 17.7. The molecule has 0 aromatic carbocycles. The summed E-state index contributed by atoms with van der Waals surface area (Å²) in [4.78, 5) is 0. The highest BCUT2D eigenvalue weighted by molar-refractivity contribution is 5.06. The molecule has 6 aliphatic heterocycles. The van der Waals surface area contributed by atoms with Crippen LogP contribution in [0.4, 0.5) is 0 Å². The largest absolute Gasteiger partial charge is 0.394 e. The molecule has 0 spiro atoms. The fourth-order valence-corrected chi connectivity index (χ4v) is 12.1. The lowest BCUT2D eigenvalue weighted by molar-refractivity contribution is -0.303. The van der Waals surface area contributed by atoms with Gasteiger partial charge in [0.05, 0.1) is 192 Å². The molecule has 31 heteroatoms. The first-order valence-electron chi connectivity index (χ1n) is 28.2. The molecule has 83 heavy (non-hydrogen) atoms. The zero-order valence-electron chi connectivity index (χ0n) is 47.3. The highest BCUT2D eigenvalue weighted by Crippen LogP contribution is 2.41. The predicted molar refractivity (Wildman–Crippen MR) is 275 cm³/mol. The minimum absolute atomic E-state index is 0.0164. The van der Waals surface area contributed by atoms with Crippen LogP contribution in [0, 0.1) is 35.5 Å². The van der Waals surface area contributed by atoms with Crippen molar-refractivity contribution in [2.75, 3.05) is 133 Å². The van der Waals surface area contributed by atoms with Crippen LogP contribution in [0.25, 0.3) is 0 Å². The number of aliphatic hydroxyl groups excluding tert-OH is 17. The maximum atomic E-state index is 11.2. The van der Waals surface area contributed by atoms with Crippen LogP contribution in [0.2, 0.25) is 0 Å². The Labute approximate surface area is 480 Å². The first-order chi connectivity index (χ1) is 39.5. The van der Waals surface area contributed by atoms with Gasteiger partial charge < -0.3 is 153 Å². The molecule has 0 radical (unpaired) electrons. The summed E-state index contributed by atoms with van der Waals surface area (Å²) >= 11 is 0. The topological polar surface area (TPSA) is 484 Å². The van der Waals surface area contributed by atoms with Crippen LogP contribution in [0.5, 0.6) is 0 Å². The number of hydrogen-bond acceptors (Lipinski definition) is 31. The Morgan fingerprint density at radius 1 is 0.325 bits per heavy atom. The number of rotatable bonds is 30. The summed E-state index contributed by atoms with van der Waals surface area (Å²) in [5, 5.41) is 193. The van der Waals surface area contributed by atoms with Crippen molar-refractivity contribution in [1.29, 1.82) is 0 Å². The van der Waals surface area contributed by atoms with Crippen LogP contribution in [0.1, 0.15) is 13.8 Å². The average Bonchev–Trinajstić information content (AvgIpc) is 3.67. The molecule has 6 aliphatic rings. The fourth-order valence-electron chi connectivity index (χ4n) is 12.1. The molecule has 0 bridgehead atoms. The Bertz CT molecular complexity index is 1840. The summed E-state index contributed by atoms with van der Waals surface area (Å²) in [6, 6.07) is 0. The molecule has 6 saturated heterocycles. The monoisotopic (exact) mass is 1210 g/mol. The van der Waals surface area contributed by atoms with Gasteiger partial charge in [0, 0.05) is 49.7 Å². The molecule has 0 amide bonds. The molecule has 6 rings (SSSR count). The first kappa shape index (κ1) is 70.8. The van der Waals surface area contributed by atoms with Gasteiger partial charge in [0.1, 0.15) is 72.7 Å². The van der Waals surface area contributed by atoms with Gasteiger partial charge in [-0.05, 0) is 13.8 Å². The van der Waals surface area contributed by atoms with Gasteiger partial charge in [-0.1, -0.05) is 0 Å². The van der Waals surface area contributed by atoms with Crippen molar-refractivity contribution >= 4 is 0 Å². The van der Waals surface area contributed by atoms with Crippen LogP contribution < -0.4 is 0 Å². The van der Waals surface area contributed by atoms with Crippen molar-refractivity contribution in [3.63, 3.8) is 0 Å². The van der Waals surface area contributed by atoms with E-state index in [1.807, 2.05) is 0 Å². The number of hydrogen-bond donors (Lipinski definition) is 18. The molecule has 0 aromatic rings. The summed E-state index contributed by atoms with van der Waals surface area (Å²) in [5.41, 5.74) is -3.15. The molecule has 0 saturated carbocycles. The molecular weight excluding hydrogens is 1120 g/mol. The Kier molecular flexibility index (Phi) is 27.7. The zero-order chi connectivity index (χ0) is 61.1. The van der Waals surface area contributed by atoms with Crippen molar-refractivity contribution < 1.29 is 153 Å². The van der Waals surface area contributed by atoms with Crippen molar-refractivity contribution in [3.8, 4) is 0 Å². The second-order valence-corrected chi connectivity index (χ2v) is 23.2. The summed E-state index contributed by atoms with van der Waals surface area (Å²) in [6.45, 7) is -4.16. The van der Waals surface area contributed by atoms with Gasteiger partial charge >= 0.3 is 0 Å². The van der Waals surface area contributed by atoms with Crippen LogP contribution in [0.15, 0.2) is 0 Å². The van der Waals surface area contributed by atoms with Crippen molar-refractivity contribution in [2.45, 2.75) is 159 Å². The van der Waals surface area contributed by atoms with Gasteiger partial charge in [-0.15, -0.1) is 0 Å². The molecule has 488 valence electrons. The van der Waals surface area contributed by atoms with Crippen LogP contribution in [0.3, 0.4) is 0 Å². The van der Waals surface area contributed by atoms with E-state index in [1.165, 1.54) is 28.1 Å². The molecular formula is C52H94O31. The van der Waals surface area contributed by atoms with Gasteiger partial charge in [0.25, 0.3) is 0 Å². The van der Waals surface area contributed by atoms with Gasteiger partial charge in [0.2, 0.25) is 0 Å². The molecule has 0 aromatic heterocycles. The number of aliphatic hydroxyl groups is 18. The van der Waals surface area contributed by atoms with Crippen molar-refractivity contribution in [3.05, 3.63) is 0 Å². The van der Waals surface area contributed by atoms with Gasteiger partial charge in [-0.2, -0.15) is 0 Å². The number of methoxy groups -OCH3 is 2. The molecule has 31 nitrogen and oxygen atoms in total. The molecule has 18 N–H and O–H groups in total. The van der Waals surface area contributed by atoms with E-state index in [0.29, 0.717) is 0 Å². The van der Waals surface area contributed by atoms with E-state index in [2.05, 4.69) is 0 Å². The summed E-state index contributed by atoms with van der Waals surface area (Å²) in [6.07, 6.45) is -28.9. The van der Waals surface area contributed by atoms with Gasteiger partial charge in [-0.25, -0.2) is 0 Å². The quantitative estimate of drug-likeness (QED) is 0.0318. The zero-order valence-corrected chi connectivity index (χ0v) is 47.3. The molecule has 6 fully saturated rings. The molecule has 6 heterocycles. The lowest BCUT2D eigenvalue weighted by Gasteiger charge is -2.53. The van der Waals surface area contributed by atoms with E-state index in [4.69, 9.17) is 61.6 Å². The smallest absolute Gasteiger partial charge is 0.116 e. The van der Waals surface area contributed by atoms with Gasteiger partial charge in [-0.3, -0.25) is 0 Å². The highest BCUT2D eigenvalue weighted by Gasteiger charge is 2.58. The molecule has 0 aliphatic carbocycles. The van der Waals surface area contributed by atoms with E-state index in [0.717, 1.165) is 0 Å². The highest BCUT2D eigenvalue weighted by atomic mass is 16.6. The van der Waals surface area contributed by atoms with Crippen molar-refractivity contribution in [1.82, 2.24) is 0 Å². The lowest BCUT2D eigenvalue weighted by atomic mass is 9.73. The summed E-state index contributed by atoms with van der Waals surface area (Å²) < 4.78 is 74.2. The first-order valence-corrected chi connectivity index (χ1v) is 28.2. The summed E-state index contributed by atoms with van der Waals surface area (Å²) in [7, 11) is 2.79. The van der Waals surface area contributed by atoms with Crippen LogP contribution in [-0.2, 0) is 61.6 Å². The Morgan fingerprint density at radius 2 is 0.578 bits per heavy atom. The fraction of sp³-hybridized carbons (Fsp3) is 1.00. The van der Waals surface area contributed by atoms with E-state index in [1.54, 1.807) is 0 Å². The number of ether oxygens (including phenoxy) is 13. The Hall–Kier alpha value is -1.24. The Morgan fingerprint density at radius 3 is 0.819 bits per heavy atom. The molecule has 30 atom stereocenters. The third-order valence-corrected chi connectivity index (χ3v) is 17.7. The van der Waals surface area contributed by atoms with Crippen LogP contribution in [-0.4, -0.2) is 371 Å². The normalized spacial score (nSPS) is 47.2.